The normalized spacial score (nSPS) is 18.9. The second kappa shape index (κ2) is 7.09. The van der Waals surface area contributed by atoms with Gasteiger partial charge in [0.2, 0.25) is 0 Å². The highest BCUT2D eigenvalue weighted by molar-refractivity contribution is 6.32. The molecule has 1 atom stereocenters. The predicted octanol–water partition coefficient (Wildman–Crippen LogP) is 2.34. The van der Waals surface area contributed by atoms with Gasteiger partial charge in [0.25, 0.3) is 0 Å². The molecule has 0 aliphatic carbocycles. The van der Waals surface area contributed by atoms with Gasteiger partial charge in [-0.25, -0.2) is 9.97 Å². The Morgan fingerprint density at radius 2 is 2.30 bits per heavy atom. The first-order valence-corrected chi connectivity index (χ1v) is 7.65. The molecule has 112 valence electrons. The predicted molar refractivity (Wildman–Crippen MR) is 84.7 cm³/mol. The minimum Gasteiger partial charge on any atom is -0.383 e. The summed E-state index contributed by atoms with van der Waals surface area (Å²) in [5.41, 5.74) is 0.830. The van der Waals surface area contributed by atoms with Crippen LogP contribution in [0.3, 0.4) is 0 Å². The van der Waals surface area contributed by atoms with Crippen molar-refractivity contribution in [2.75, 3.05) is 50.5 Å². The van der Waals surface area contributed by atoms with Gasteiger partial charge in [-0.2, -0.15) is 0 Å². The highest BCUT2D eigenvalue weighted by atomic mass is 35.5. The maximum Gasteiger partial charge on any atom is 0.157 e. The van der Waals surface area contributed by atoms with Gasteiger partial charge in [-0.05, 0) is 32.4 Å². The van der Waals surface area contributed by atoms with Crippen molar-refractivity contribution in [2.24, 2.45) is 5.92 Å². The molecule has 1 aromatic heterocycles. The molecule has 0 spiro atoms. The van der Waals surface area contributed by atoms with Crippen LogP contribution in [0.5, 0.6) is 0 Å². The summed E-state index contributed by atoms with van der Waals surface area (Å²) < 4.78 is 0. The molecule has 0 amide bonds. The Balaban J connectivity index is 2.01. The van der Waals surface area contributed by atoms with Crippen LogP contribution in [-0.2, 0) is 0 Å². The van der Waals surface area contributed by atoms with E-state index in [1.165, 1.54) is 19.2 Å². The van der Waals surface area contributed by atoms with Gasteiger partial charge >= 0.3 is 0 Å². The fraction of sp³-hybridized carbons (Fsp3) is 0.714. The highest BCUT2D eigenvalue weighted by Crippen LogP contribution is 2.32. The molecular weight excluding hydrogens is 274 g/mol. The van der Waals surface area contributed by atoms with Crippen LogP contribution in [0.4, 0.5) is 11.5 Å². The molecule has 0 aromatic carbocycles. The van der Waals surface area contributed by atoms with Gasteiger partial charge < -0.3 is 15.1 Å². The first kappa shape index (κ1) is 15.3. The standard InChI is InChI=1S/C14H24ClN5/c1-4-6-19(3)8-11-5-7-20(9-11)14-12(16-2)13(15)17-10-18-14/h10-11,16H,4-9H2,1-3H3. The van der Waals surface area contributed by atoms with Crippen molar-refractivity contribution >= 4 is 23.1 Å². The van der Waals surface area contributed by atoms with E-state index in [1.54, 1.807) is 0 Å². The van der Waals surface area contributed by atoms with Crippen molar-refractivity contribution in [3.8, 4) is 0 Å². The zero-order valence-corrected chi connectivity index (χ0v) is 13.3. The Morgan fingerprint density at radius 1 is 1.50 bits per heavy atom. The number of hydrogen-bond donors (Lipinski definition) is 1. The smallest absolute Gasteiger partial charge is 0.157 e. The van der Waals surface area contributed by atoms with Gasteiger partial charge in [-0.15, -0.1) is 0 Å². The van der Waals surface area contributed by atoms with Crippen molar-refractivity contribution in [1.82, 2.24) is 14.9 Å². The summed E-state index contributed by atoms with van der Waals surface area (Å²) in [6.45, 7) is 6.61. The summed E-state index contributed by atoms with van der Waals surface area (Å²) in [5.74, 6) is 1.62. The lowest BCUT2D eigenvalue weighted by atomic mass is 10.1. The van der Waals surface area contributed by atoms with Crippen LogP contribution in [0.15, 0.2) is 6.33 Å². The monoisotopic (exact) mass is 297 g/mol. The second-order valence-electron chi connectivity index (χ2n) is 5.48. The maximum atomic E-state index is 6.12. The average molecular weight is 298 g/mol. The van der Waals surface area contributed by atoms with Gasteiger partial charge in [0.15, 0.2) is 11.0 Å². The zero-order valence-electron chi connectivity index (χ0n) is 12.6. The molecule has 1 aromatic rings. The van der Waals surface area contributed by atoms with E-state index in [2.05, 4.69) is 39.1 Å². The average Bonchev–Trinajstić information content (AvgIpc) is 2.87. The molecule has 0 saturated carbocycles. The first-order valence-electron chi connectivity index (χ1n) is 7.27. The van der Waals surface area contributed by atoms with E-state index in [0.29, 0.717) is 11.1 Å². The molecule has 0 radical (unpaired) electrons. The third-order valence-electron chi connectivity index (χ3n) is 3.79. The van der Waals surface area contributed by atoms with Gasteiger partial charge in [0.05, 0.1) is 0 Å². The lowest BCUT2D eigenvalue weighted by Gasteiger charge is -2.22. The number of aromatic nitrogens is 2. The SMILES string of the molecule is CCCN(C)CC1CCN(c2ncnc(Cl)c2NC)C1. The van der Waals surface area contributed by atoms with Crippen LogP contribution in [0, 0.1) is 5.92 Å². The largest absolute Gasteiger partial charge is 0.383 e. The molecule has 20 heavy (non-hydrogen) atoms. The number of nitrogens with zero attached hydrogens (tertiary/aromatic N) is 4. The maximum absolute atomic E-state index is 6.12. The Morgan fingerprint density at radius 3 is 3.00 bits per heavy atom. The zero-order chi connectivity index (χ0) is 14.5. The van der Waals surface area contributed by atoms with Crippen LogP contribution < -0.4 is 10.2 Å². The van der Waals surface area contributed by atoms with E-state index in [0.717, 1.165) is 37.7 Å². The summed E-state index contributed by atoms with van der Waals surface area (Å²) in [5, 5.41) is 3.60. The molecule has 1 aliphatic rings. The van der Waals surface area contributed by atoms with E-state index in [-0.39, 0.29) is 0 Å². The van der Waals surface area contributed by atoms with Crippen LogP contribution in [0.1, 0.15) is 19.8 Å². The topological polar surface area (TPSA) is 44.3 Å². The molecule has 1 saturated heterocycles. The number of halogens is 1. The van der Waals surface area contributed by atoms with E-state index in [4.69, 9.17) is 11.6 Å². The summed E-state index contributed by atoms with van der Waals surface area (Å²) in [6, 6.07) is 0. The third kappa shape index (κ3) is 3.52. The minimum absolute atomic E-state index is 0.490. The van der Waals surface area contributed by atoms with Gasteiger partial charge in [-0.3, -0.25) is 0 Å². The molecular formula is C14H24ClN5. The fourth-order valence-electron chi connectivity index (χ4n) is 2.90. The van der Waals surface area contributed by atoms with Crippen molar-refractivity contribution in [2.45, 2.75) is 19.8 Å². The Kier molecular flexibility index (Phi) is 5.43. The van der Waals surface area contributed by atoms with Crippen molar-refractivity contribution in [3.63, 3.8) is 0 Å². The van der Waals surface area contributed by atoms with Gasteiger partial charge in [-0.1, -0.05) is 18.5 Å². The molecule has 1 unspecified atom stereocenters. The first-order chi connectivity index (χ1) is 9.65. The fourth-order valence-corrected chi connectivity index (χ4v) is 3.12. The Hall–Kier alpha value is -1.07. The lowest BCUT2D eigenvalue weighted by molar-refractivity contribution is 0.287. The van der Waals surface area contributed by atoms with Crippen LogP contribution in [-0.4, -0.2) is 55.1 Å². The second-order valence-corrected chi connectivity index (χ2v) is 5.83. The Labute approximate surface area is 126 Å². The molecule has 2 rings (SSSR count). The number of nitrogens with one attached hydrogen (secondary N) is 1. The molecule has 2 heterocycles. The number of rotatable bonds is 6. The van der Waals surface area contributed by atoms with Gasteiger partial charge in [0.1, 0.15) is 12.0 Å². The van der Waals surface area contributed by atoms with E-state index >= 15 is 0 Å². The van der Waals surface area contributed by atoms with Crippen LogP contribution in [0.25, 0.3) is 0 Å². The lowest BCUT2D eigenvalue weighted by Crippen LogP contribution is -2.29. The van der Waals surface area contributed by atoms with E-state index in [1.807, 2.05) is 7.05 Å². The summed E-state index contributed by atoms with van der Waals surface area (Å²) in [4.78, 5) is 13.2. The number of anilines is 2. The van der Waals surface area contributed by atoms with Crippen molar-refractivity contribution < 1.29 is 0 Å². The molecule has 1 fully saturated rings. The molecule has 5 nitrogen and oxygen atoms in total. The quantitative estimate of drug-likeness (QED) is 0.817. The Bertz CT molecular complexity index is 440. The highest BCUT2D eigenvalue weighted by Gasteiger charge is 2.26. The summed E-state index contributed by atoms with van der Waals surface area (Å²) >= 11 is 6.12. The number of hydrogen-bond acceptors (Lipinski definition) is 5. The van der Waals surface area contributed by atoms with Crippen LogP contribution in [0.2, 0.25) is 5.15 Å². The molecule has 0 bridgehead atoms. The third-order valence-corrected chi connectivity index (χ3v) is 4.08. The van der Waals surface area contributed by atoms with Crippen molar-refractivity contribution in [1.29, 1.82) is 0 Å². The van der Waals surface area contributed by atoms with E-state index in [9.17, 15) is 0 Å². The summed E-state index contributed by atoms with van der Waals surface area (Å²) in [6.07, 6.45) is 3.95. The van der Waals surface area contributed by atoms with Crippen molar-refractivity contribution in [3.05, 3.63) is 11.5 Å². The van der Waals surface area contributed by atoms with Crippen LogP contribution >= 0.6 is 11.6 Å². The molecule has 6 heteroatoms. The van der Waals surface area contributed by atoms with E-state index < -0.39 is 0 Å². The molecule has 1 N–H and O–H groups in total. The summed E-state index contributed by atoms with van der Waals surface area (Å²) in [7, 11) is 4.06. The molecule has 1 aliphatic heterocycles. The minimum atomic E-state index is 0.490. The van der Waals surface area contributed by atoms with Gasteiger partial charge in [0, 0.05) is 26.7 Å².